The van der Waals surface area contributed by atoms with Crippen molar-refractivity contribution in [1.29, 1.82) is 0 Å². The third kappa shape index (κ3) is 4.15. The molecule has 5 nitrogen and oxygen atoms in total. The van der Waals surface area contributed by atoms with Crippen molar-refractivity contribution in [3.63, 3.8) is 0 Å². The van der Waals surface area contributed by atoms with E-state index in [0.717, 1.165) is 29.2 Å². The Kier molecular flexibility index (Phi) is 5.52. The minimum absolute atomic E-state index is 0.0324. The molecular weight excluding hydrogens is 336 g/mol. The van der Waals surface area contributed by atoms with E-state index in [1.165, 1.54) is 7.11 Å². The third-order valence-electron chi connectivity index (χ3n) is 3.28. The van der Waals surface area contributed by atoms with Crippen molar-refractivity contribution in [1.82, 2.24) is 10.3 Å². The Bertz CT molecular complexity index is 678. The number of carbonyl (C=O) groups is 1. The van der Waals surface area contributed by atoms with Gasteiger partial charge in [-0.25, -0.2) is 0 Å². The van der Waals surface area contributed by atoms with Crippen LogP contribution in [0.3, 0.4) is 0 Å². The Labute approximate surface area is 130 Å². The second-order valence-corrected chi connectivity index (χ2v) is 5.63. The standard InChI is InChI=1S/C9H6BrNO.C6H11NO2/c10-7-2-1-6-3-4-11-9(12)8(6)5-7;1-9-6(8)5-3-2-4-7-5/h1-5H,(H,11,12);5,7H,2-4H2,1H3. The first kappa shape index (κ1) is 15.7. The lowest BCUT2D eigenvalue weighted by Crippen LogP contribution is -2.31. The summed E-state index contributed by atoms with van der Waals surface area (Å²) < 4.78 is 5.46. The molecule has 2 aromatic rings. The van der Waals surface area contributed by atoms with E-state index in [-0.39, 0.29) is 17.6 Å². The van der Waals surface area contributed by atoms with Gasteiger partial charge in [-0.1, -0.05) is 22.0 Å². The lowest BCUT2D eigenvalue weighted by atomic mass is 10.2. The van der Waals surface area contributed by atoms with Gasteiger partial charge in [0.15, 0.2) is 0 Å². The second kappa shape index (κ2) is 7.38. The van der Waals surface area contributed by atoms with E-state index in [1.807, 2.05) is 24.3 Å². The molecule has 112 valence electrons. The first-order chi connectivity index (χ1) is 10.1. The van der Waals surface area contributed by atoms with Crippen LogP contribution in [0, 0.1) is 0 Å². The predicted octanol–water partition coefficient (Wildman–Crippen LogP) is 2.20. The number of H-pyrrole nitrogens is 1. The number of aromatic amines is 1. The quantitative estimate of drug-likeness (QED) is 0.771. The number of methoxy groups -OCH3 is 1. The molecule has 2 heterocycles. The van der Waals surface area contributed by atoms with E-state index < -0.39 is 0 Å². The lowest BCUT2D eigenvalue weighted by Gasteiger charge is -2.04. The van der Waals surface area contributed by atoms with Crippen molar-refractivity contribution in [3.05, 3.63) is 45.3 Å². The van der Waals surface area contributed by atoms with Crippen LogP contribution in [-0.2, 0) is 9.53 Å². The molecule has 1 aliphatic rings. The molecule has 1 aromatic heterocycles. The second-order valence-electron chi connectivity index (χ2n) is 4.71. The van der Waals surface area contributed by atoms with Gasteiger partial charge >= 0.3 is 5.97 Å². The molecule has 2 N–H and O–H groups in total. The number of carbonyl (C=O) groups excluding carboxylic acids is 1. The fraction of sp³-hybridized carbons (Fsp3) is 0.333. The number of ether oxygens (including phenoxy) is 1. The highest BCUT2D eigenvalue weighted by Crippen LogP contribution is 2.15. The van der Waals surface area contributed by atoms with Gasteiger partial charge in [0.2, 0.25) is 0 Å². The Morgan fingerprint density at radius 1 is 1.38 bits per heavy atom. The number of nitrogens with one attached hydrogen (secondary N) is 2. The van der Waals surface area contributed by atoms with Crippen LogP contribution in [0.4, 0.5) is 0 Å². The Hall–Kier alpha value is -1.66. The van der Waals surface area contributed by atoms with Crippen molar-refractivity contribution in [2.24, 2.45) is 0 Å². The summed E-state index contributed by atoms with van der Waals surface area (Å²) in [5.41, 5.74) is -0.0474. The Balaban J connectivity index is 0.000000161. The molecule has 1 aliphatic heterocycles. The highest BCUT2D eigenvalue weighted by Gasteiger charge is 2.21. The van der Waals surface area contributed by atoms with Crippen LogP contribution in [0.25, 0.3) is 10.8 Å². The van der Waals surface area contributed by atoms with Gasteiger partial charge in [0.25, 0.3) is 5.56 Å². The van der Waals surface area contributed by atoms with Gasteiger partial charge < -0.3 is 15.0 Å². The van der Waals surface area contributed by atoms with Gasteiger partial charge in [0.1, 0.15) is 6.04 Å². The van der Waals surface area contributed by atoms with Gasteiger partial charge in [-0.15, -0.1) is 0 Å². The minimum Gasteiger partial charge on any atom is -0.468 e. The molecule has 1 aromatic carbocycles. The molecular formula is C15H17BrN2O3. The van der Waals surface area contributed by atoms with Crippen LogP contribution in [0.15, 0.2) is 39.7 Å². The maximum atomic E-state index is 11.3. The summed E-state index contributed by atoms with van der Waals surface area (Å²) in [6.45, 7) is 0.944. The number of fused-ring (bicyclic) bond motifs is 1. The largest absolute Gasteiger partial charge is 0.468 e. The highest BCUT2D eigenvalue weighted by atomic mass is 79.9. The summed E-state index contributed by atoms with van der Waals surface area (Å²) in [5, 5.41) is 4.71. The molecule has 0 bridgehead atoms. The van der Waals surface area contributed by atoms with Crippen LogP contribution in [0.1, 0.15) is 12.8 Å². The van der Waals surface area contributed by atoms with Crippen molar-refractivity contribution in [3.8, 4) is 0 Å². The number of hydrogen-bond donors (Lipinski definition) is 2. The molecule has 21 heavy (non-hydrogen) atoms. The van der Waals surface area contributed by atoms with Crippen LogP contribution in [0.5, 0.6) is 0 Å². The number of pyridine rings is 1. The summed E-state index contributed by atoms with van der Waals surface area (Å²) in [7, 11) is 1.42. The topological polar surface area (TPSA) is 71.2 Å². The number of esters is 1. The molecule has 1 saturated heterocycles. The molecule has 1 fully saturated rings. The summed E-state index contributed by atoms with van der Waals surface area (Å²) in [6, 6.07) is 7.49. The molecule has 0 amide bonds. The van der Waals surface area contributed by atoms with E-state index in [0.29, 0.717) is 5.39 Å². The Morgan fingerprint density at radius 3 is 2.86 bits per heavy atom. The highest BCUT2D eigenvalue weighted by molar-refractivity contribution is 9.10. The zero-order chi connectivity index (χ0) is 15.2. The van der Waals surface area contributed by atoms with Crippen LogP contribution < -0.4 is 10.9 Å². The summed E-state index contributed by atoms with van der Waals surface area (Å²) in [4.78, 5) is 24.6. The van der Waals surface area contributed by atoms with Crippen LogP contribution in [0.2, 0.25) is 0 Å². The van der Waals surface area contributed by atoms with E-state index in [4.69, 9.17) is 0 Å². The number of benzene rings is 1. The predicted molar refractivity (Wildman–Crippen MR) is 85.3 cm³/mol. The first-order valence-corrected chi connectivity index (χ1v) is 7.49. The zero-order valence-electron chi connectivity index (χ0n) is 11.7. The SMILES string of the molecule is COC(=O)C1CCCN1.O=c1[nH]ccc2ccc(Br)cc12. The summed E-state index contributed by atoms with van der Waals surface area (Å²) in [5.74, 6) is -0.132. The fourth-order valence-electron chi connectivity index (χ4n) is 2.18. The van der Waals surface area contributed by atoms with E-state index >= 15 is 0 Å². The van der Waals surface area contributed by atoms with E-state index in [9.17, 15) is 9.59 Å². The van der Waals surface area contributed by atoms with Crippen molar-refractivity contribution < 1.29 is 9.53 Å². The maximum absolute atomic E-state index is 11.3. The fourth-order valence-corrected chi connectivity index (χ4v) is 2.54. The average Bonchev–Trinajstić information content (AvgIpc) is 3.02. The molecule has 3 rings (SSSR count). The van der Waals surface area contributed by atoms with Crippen LogP contribution in [-0.4, -0.2) is 30.6 Å². The average molecular weight is 353 g/mol. The molecule has 0 radical (unpaired) electrons. The maximum Gasteiger partial charge on any atom is 0.322 e. The molecule has 1 unspecified atom stereocenters. The number of aromatic nitrogens is 1. The van der Waals surface area contributed by atoms with Crippen molar-refractivity contribution in [2.45, 2.75) is 18.9 Å². The zero-order valence-corrected chi connectivity index (χ0v) is 13.3. The van der Waals surface area contributed by atoms with Crippen LogP contribution >= 0.6 is 15.9 Å². The van der Waals surface area contributed by atoms with E-state index in [1.54, 1.807) is 6.20 Å². The van der Waals surface area contributed by atoms with Gasteiger partial charge in [-0.2, -0.15) is 0 Å². The van der Waals surface area contributed by atoms with Gasteiger partial charge in [0, 0.05) is 16.1 Å². The minimum atomic E-state index is -0.132. The summed E-state index contributed by atoms with van der Waals surface area (Å²) >= 11 is 3.31. The smallest absolute Gasteiger partial charge is 0.322 e. The number of halogens is 1. The third-order valence-corrected chi connectivity index (χ3v) is 3.78. The Morgan fingerprint density at radius 2 is 2.19 bits per heavy atom. The molecule has 6 heteroatoms. The summed E-state index contributed by atoms with van der Waals surface area (Å²) in [6.07, 6.45) is 3.66. The molecule has 0 spiro atoms. The lowest BCUT2D eigenvalue weighted by molar-refractivity contribution is -0.142. The molecule has 1 atom stereocenters. The van der Waals surface area contributed by atoms with Gasteiger partial charge in [-0.05, 0) is 43.0 Å². The normalized spacial score (nSPS) is 17.1. The van der Waals surface area contributed by atoms with Gasteiger partial charge in [0.05, 0.1) is 7.11 Å². The van der Waals surface area contributed by atoms with Crippen molar-refractivity contribution in [2.75, 3.05) is 13.7 Å². The first-order valence-electron chi connectivity index (χ1n) is 6.70. The number of rotatable bonds is 1. The monoisotopic (exact) mass is 352 g/mol. The molecule has 0 aliphatic carbocycles. The van der Waals surface area contributed by atoms with E-state index in [2.05, 4.69) is 31.0 Å². The van der Waals surface area contributed by atoms with Crippen molar-refractivity contribution >= 4 is 32.7 Å². The molecule has 0 saturated carbocycles. The van der Waals surface area contributed by atoms with Gasteiger partial charge in [-0.3, -0.25) is 9.59 Å². The number of hydrogen-bond acceptors (Lipinski definition) is 4.